The van der Waals surface area contributed by atoms with Gasteiger partial charge in [-0.3, -0.25) is 0 Å². The van der Waals surface area contributed by atoms with Crippen LogP contribution in [-0.2, 0) is 42.1 Å². The van der Waals surface area contributed by atoms with E-state index in [0.29, 0.717) is 39.1 Å². The quantitative estimate of drug-likeness (QED) is 0.156. The fourth-order valence-corrected chi connectivity index (χ4v) is 2.89. The molecule has 0 aliphatic heterocycles. The van der Waals surface area contributed by atoms with Gasteiger partial charge in [-0.15, -0.1) is 9.45 Å². The summed E-state index contributed by atoms with van der Waals surface area (Å²) >= 11 is 0.636. The van der Waals surface area contributed by atoms with Crippen LogP contribution in [0.4, 0.5) is 22.7 Å². The van der Waals surface area contributed by atoms with Gasteiger partial charge in [0.15, 0.2) is 0 Å². The first-order valence-corrected chi connectivity index (χ1v) is 8.82. The average molecular weight is 520 g/mol. The molecular formula is C19H21N5O5SY-2. The van der Waals surface area contributed by atoms with E-state index in [1.807, 2.05) is 0 Å². The first kappa shape index (κ1) is 29.0. The molecule has 0 saturated carbocycles. The SMILES string of the molecule is C.CNc1ccc2c([O-])c(N=Nc3ccc(N=[N-])cc3)c(SOOO)cc2c1.CO.[Y]. The maximum atomic E-state index is 12.8. The van der Waals surface area contributed by atoms with Gasteiger partial charge in [0.1, 0.15) is 0 Å². The Morgan fingerprint density at radius 1 is 1.03 bits per heavy atom. The van der Waals surface area contributed by atoms with Gasteiger partial charge in [-0.1, -0.05) is 24.3 Å². The molecular weight excluding hydrogens is 499 g/mol. The molecule has 10 nitrogen and oxygen atoms in total. The standard InChI is InChI=1S/C17H14N5O4S.CH4O.CH4.Y/c1-19-13-6-7-14-10(8-13)9-15(27-26-25-24)16(17(14)23)22-21-12-4-2-11(20-18)3-5-12;1-2;;/h2-9,19,23-24H,1H3;2H,1H3;1H4;/q-1;;;/p-1. The Morgan fingerprint density at radius 3 is 2.26 bits per heavy atom. The van der Waals surface area contributed by atoms with Crippen molar-refractivity contribution in [2.24, 2.45) is 15.3 Å². The summed E-state index contributed by atoms with van der Waals surface area (Å²) in [5.74, 6) is -0.343. The van der Waals surface area contributed by atoms with Crippen molar-refractivity contribution < 1.29 is 57.6 Å². The zero-order valence-corrected chi connectivity index (χ0v) is 19.7. The molecule has 0 saturated heterocycles. The van der Waals surface area contributed by atoms with E-state index in [2.05, 4.69) is 30.0 Å². The molecule has 3 aromatic carbocycles. The number of anilines is 1. The number of nitrogens with one attached hydrogen (secondary N) is 1. The van der Waals surface area contributed by atoms with Gasteiger partial charge in [0, 0.05) is 58.2 Å². The Bertz CT molecular complexity index is 1010. The Labute approximate surface area is 209 Å². The molecule has 3 rings (SSSR count). The van der Waals surface area contributed by atoms with Crippen LogP contribution in [0.1, 0.15) is 7.43 Å². The average Bonchev–Trinajstić information content (AvgIpc) is 2.78. The summed E-state index contributed by atoms with van der Waals surface area (Å²) in [5, 5.41) is 47.2. The largest absolute Gasteiger partial charge is 0.871 e. The molecule has 0 amide bonds. The van der Waals surface area contributed by atoms with E-state index in [1.165, 1.54) is 0 Å². The maximum Gasteiger partial charge on any atom is 0.0945 e. The topological polar surface area (TPSA) is 153 Å². The fraction of sp³-hybridized carbons (Fsp3) is 0.158. The number of fused-ring (bicyclic) bond motifs is 1. The van der Waals surface area contributed by atoms with E-state index in [4.69, 9.17) is 15.9 Å². The third kappa shape index (κ3) is 7.58. The third-order valence-corrected chi connectivity index (χ3v) is 4.32. The number of rotatable bonds is 7. The normalized spacial score (nSPS) is 9.94. The van der Waals surface area contributed by atoms with Gasteiger partial charge in [0.05, 0.1) is 28.3 Å². The summed E-state index contributed by atoms with van der Waals surface area (Å²) in [6.07, 6.45) is 0. The number of azo groups is 1. The Hall–Kier alpha value is -1.99. The molecule has 0 aliphatic rings. The minimum Gasteiger partial charge on any atom is -0.871 e. The van der Waals surface area contributed by atoms with Crippen LogP contribution in [-0.4, -0.2) is 24.5 Å². The number of hydrogen-bond acceptors (Lipinski definition) is 10. The van der Waals surface area contributed by atoms with Gasteiger partial charge in [0.25, 0.3) is 0 Å². The predicted molar refractivity (Wildman–Crippen MR) is 115 cm³/mol. The maximum absolute atomic E-state index is 12.8. The predicted octanol–water partition coefficient (Wildman–Crippen LogP) is 5.69. The Morgan fingerprint density at radius 2 is 1.68 bits per heavy atom. The van der Waals surface area contributed by atoms with Crippen molar-refractivity contribution in [3.63, 3.8) is 0 Å². The van der Waals surface area contributed by atoms with E-state index in [9.17, 15) is 5.11 Å². The van der Waals surface area contributed by atoms with Gasteiger partial charge in [0.2, 0.25) is 0 Å². The van der Waals surface area contributed by atoms with Gasteiger partial charge in [-0.2, -0.15) is 5.11 Å². The van der Waals surface area contributed by atoms with Crippen molar-refractivity contribution in [1.82, 2.24) is 0 Å². The zero-order valence-electron chi connectivity index (χ0n) is 16.0. The molecule has 3 aromatic rings. The second-order valence-corrected chi connectivity index (χ2v) is 6.02. The number of nitrogens with zero attached hydrogens (tertiary/aromatic N) is 4. The van der Waals surface area contributed by atoms with E-state index >= 15 is 0 Å². The van der Waals surface area contributed by atoms with Crippen LogP contribution in [0.5, 0.6) is 5.75 Å². The second kappa shape index (κ2) is 14.9. The Balaban J connectivity index is 0.00000219. The number of aliphatic hydroxyl groups excluding tert-OH is 1. The van der Waals surface area contributed by atoms with E-state index in [-0.39, 0.29) is 51.6 Å². The van der Waals surface area contributed by atoms with Crippen LogP contribution >= 0.6 is 12.0 Å². The molecule has 3 N–H and O–H groups in total. The van der Waals surface area contributed by atoms with Crippen molar-refractivity contribution >= 4 is 45.6 Å². The second-order valence-electron chi connectivity index (χ2n) is 5.28. The zero-order chi connectivity index (χ0) is 21.2. The first-order chi connectivity index (χ1) is 14.2. The molecule has 1 radical (unpaired) electrons. The van der Waals surface area contributed by atoms with Crippen molar-refractivity contribution in [2.45, 2.75) is 12.3 Å². The fourth-order valence-electron chi connectivity index (χ4n) is 2.40. The first-order valence-electron chi connectivity index (χ1n) is 8.08. The minimum absolute atomic E-state index is 0. The molecule has 163 valence electrons. The molecule has 0 heterocycles. The summed E-state index contributed by atoms with van der Waals surface area (Å²) in [5.41, 5.74) is 10.4. The van der Waals surface area contributed by atoms with Gasteiger partial charge >= 0.3 is 0 Å². The molecule has 0 aromatic heterocycles. The van der Waals surface area contributed by atoms with Crippen LogP contribution in [0.2, 0.25) is 0 Å². The molecule has 31 heavy (non-hydrogen) atoms. The molecule has 12 heteroatoms. The van der Waals surface area contributed by atoms with Crippen molar-refractivity contribution in [3.8, 4) is 5.75 Å². The monoisotopic (exact) mass is 520 g/mol. The molecule has 0 atom stereocenters. The van der Waals surface area contributed by atoms with Gasteiger partial charge in [-0.25, -0.2) is 5.26 Å². The van der Waals surface area contributed by atoms with Crippen LogP contribution in [0.25, 0.3) is 16.3 Å². The van der Waals surface area contributed by atoms with Crippen LogP contribution in [0, 0.1) is 0 Å². The van der Waals surface area contributed by atoms with Gasteiger partial charge < -0.3 is 26.2 Å². The summed E-state index contributed by atoms with van der Waals surface area (Å²) in [6, 6.07) is 13.2. The van der Waals surface area contributed by atoms with Crippen LogP contribution < -0.4 is 10.4 Å². The summed E-state index contributed by atoms with van der Waals surface area (Å²) in [6.45, 7) is 0. The number of hydrogen-bond donors (Lipinski definition) is 3. The van der Waals surface area contributed by atoms with Crippen molar-refractivity contribution in [3.05, 3.63) is 54.1 Å². The van der Waals surface area contributed by atoms with Crippen LogP contribution in [0.15, 0.2) is 68.8 Å². The molecule has 0 aliphatic carbocycles. The van der Waals surface area contributed by atoms with E-state index in [0.717, 1.165) is 12.8 Å². The molecule has 0 unspecified atom stereocenters. The Kier molecular flexibility index (Phi) is 14.0. The third-order valence-electron chi connectivity index (χ3n) is 3.70. The molecule has 0 spiro atoms. The van der Waals surface area contributed by atoms with Crippen LogP contribution in [0.3, 0.4) is 0 Å². The number of benzene rings is 3. The minimum atomic E-state index is -0.343. The smallest absolute Gasteiger partial charge is 0.0945 e. The van der Waals surface area contributed by atoms with Crippen molar-refractivity contribution in [1.29, 1.82) is 0 Å². The summed E-state index contributed by atoms with van der Waals surface area (Å²) in [7, 11) is 2.77. The van der Waals surface area contributed by atoms with E-state index < -0.39 is 0 Å². The summed E-state index contributed by atoms with van der Waals surface area (Å²) in [4.78, 5) is 0.320. The number of aliphatic hydroxyl groups is 1. The molecule has 0 bridgehead atoms. The van der Waals surface area contributed by atoms with E-state index in [1.54, 1.807) is 55.6 Å². The van der Waals surface area contributed by atoms with Crippen molar-refractivity contribution in [2.75, 3.05) is 19.5 Å². The van der Waals surface area contributed by atoms with Gasteiger partial charge in [-0.05, 0) is 53.2 Å². The summed E-state index contributed by atoms with van der Waals surface area (Å²) < 4.78 is 4.48. The molecule has 0 fully saturated rings.